The van der Waals surface area contributed by atoms with E-state index >= 15 is 0 Å². The summed E-state index contributed by atoms with van der Waals surface area (Å²) in [6, 6.07) is 50.4. The van der Waals surface area contributed by atoms with Gasteiger partial charge in [-0.1, -0.05) is 165 Å². The first-order valence-electron chi connectivity index (χ1n) is 18.0. The lowest BCUT2D eigenvalue weighted by molar-refractivity contribution is 1.06. The summed E-state index contributed by atoms with van der Waals surface area (Å²) in [5.41, 5.74) is 15.6. The quantitative estimate of drug-likeness (QED) is 0.0774. The number of hydrogen-bond acceptors (Lipinski definition) is 1. The fraction of sp³-hybridized carbons (Fsp3) is 0.0577. The lowest BCUT2D eigenvalue weighted by atomic mass is 9.86. The molecular weight excluding hydrogens is 639 g/mol. The van der Waals surface area contributed by atoms with Crippen LogP contribution >= 0.6 is 0 Å². The fourth-order valence-electron chi connectivity index (χ4n) is 6.78. The van der Waals surface area contributed by atoms with Crippen molar-refractivity contribution in [2.75, 3.05) is 0 Å². The van der Waals surface area contributed by atoms with E-state index in [1.807, 2.05) is 19.1 Å². The molecule has 0 radical (unpaired) electrons. The van der Waals surface area contributed by atoms with Gasteiger partial charge in [-0.2, -0.15) is 0 Å². The molecule has 0 saturated heterocycles. The topological polar surface area (TPSA) is 12.4 Å². The van der Waals surface area contributed by atoms with Crippen molar-refractivity contribution in [1.29, 1.82) is 0 Å². The molecule has 0 N–H and O–H groups in total. The Bertz CT molecular complexity index is 2410. The molecule has 1 aliphatic rings. The molecule has 6 aromatic rings. The van der Waals surface area contributed by atoms with E-state index in [1.54, 1.807) is 6.08 Å². The molecule has 1 aliphatic carbocycles. The Hall–Kier alpha value is -6.57. The molecule has 0 unspecified atom stereocenters. The fourth-order valence-corrected chi connectivity index (χ4v) is 6.78. The first-order valence-corrected chi connectivity index (χ1v) is 18.0. The Kier molecular flexibility index (Phi) is 11.7. The van der Waals surface area contributed by atoms with Gasteiger partial charge in [-0.05, 0) is 122 Å². The van der Waals surface area contributed by atoms with Gasteiger partial charge in [-0.3, -0.25) is 4.99 Å². The molecule has 6 aromatic carbocycles. The molecule has 0 saturated carbocycles. The zero-order valence-corrected chi connectivity index (χ0v) is 30.6. The second-order valence-electron chi connectivity index (χ2n) is 13.0. The van der Waals surface area contributed by atoms with Crippen molar-refractivity contribution in [3.8, 4) is 33.4 Å². The maximum absolute atomic E-state index is 4.80. The summed E-state index contributed by atoms with van der Waals surface area (Å²) >= 11 is 0. The van der Waals surface area contributed by atoms with E-state index in [1.165, 1.54) is 55.3 Å². The lowest BCUT2D eigenvalue weighted by Crippen LogP contribution is -1.97. The average molecular weight is 684 g/mol. The van der Waals surface area contributed by atoms with Crippen LogP contribution in [0.25, 0.3) is 55.3 Å². The maximum atomic E-state index is 4.80. The van der Waals surface area contributed by atoms with Crippen LogP contribution in [0, 0.1) is 0 Å². The summed E-state index contributed by atoms with van der Waals surface area (Å²) in [6.45, 7) is 20.0. The Balaban J connectivity index is 0.00000236. The highest BCUT2D eigenvalue weighted by molar-refractivity contribution is 6.01. The van der Waals surface area contributed by atoms with E-state index in [-0.39, 0.29) is 0 Å². The summed E-state index contributed by atoms with van der Waals surface area (Å²) < 4.78 is 0. The standard InChI is InChI=1S/C50H41N.C2H4/c1-5-6-15-35(2)36(3)51-37(4)42-20-12-21-43(30-42)47-32-46(40-28-26-39(27-29-40)38-16-8-7-9-17-38)33-48(34-47)44-22-13-23-45(31-44)50-25-14-19-41-18-10-11-24-49(41)50;1-2/h5-12,14-22,24-34H,1-3,13,23H2,4H3;1-2H2/b15-6-,51-37?;. The molecule has 0 aliphatic heterocycles. The van der Waals surface area contributed by atoms with Crippen LogP contribution in [0.1, 0.15) is 36.5 Å². The molecule has 7 rings (SSSR count). The smallest absolute Gasteiger partial charge is 0.0627 e. The molecule has 1 nitrogen and oxygen atoms in total. The SMILES string of the molecule is C=C.C=C/C=C\C(=C)C(=C)N=C(C)c1cccc(-c2cc(C3=CCCC(c4cccc5ccccc45)=C3)cc(-c3ccc(-c4ccccc4)cc3)c2)c1. The van der Waals surface area contributed by atoms with Crippen molar-refractivity contribution in [2.45, 2.75) is 19.8 Å². The first kappa shape index (κ1) is 36.2. The van der Waals surface area contributed by atoms with Crippen molar-refractivity contribution in [2.24, 2.45) is 4.99 Å². The zero-order chi connectivity index (χ0) is 37.2. The summed E-state index contributed by atoms with van der Waals surface area (Å²) in [5.74, 6) is 0. The van der Waals surface area contributed by atoms with Crippen LogP contribution in [0.2, 0.25) is 0 Å². The number of hydrogen-bond donors (Lipinski definition) is 0. The van der Waals surface area contributed by atoms with E-state index in [2.05, 4.69) is 185 Å². The van der Waals surface area contributed by atoms with Crippen LogP contribution in [0.5, 0.6) is 0 Å². The molecular formula is C52H45N. The van der Waals surface area contributed by atoms with E-state index in [4.69, 9.17) is 4.99 Å². The van der Waals surface area contributed by atoms with Gasteiger partial charge in [0.15, 0.2) is 0 Å². The second kappa shape index (κ2) is 17.1. The Morgan fingerprint density at radius 3 is 1.98 bits per heavy atom. The molecule has 1 heteroatoms. The third-order valence-electron chi connectivity index (χ3n) is 9.56. The largest absolute Gasteiger partial charge is 0.253 e. The van der Waals surface area contributed by atoms with Crippen molar-refractivity contribution in [3.63, 3.8) is 0 Å². The van der Waals surface area contributed by atoms with Gasteiger partial charge in [0.25, 0.3) is 0 Å². The van der Waals surface area contributed by atoms with Crippen LogP contribution in [-0.2, 0) is 0 Å². The van der Waals surface area contributed by atoms with Gasteiger partial charge in [-0.25, -0.2) is 0 Å². The van der Waals surface area contributed by atoms with Crippen molar-refractivity contribution in [3.05, 3.63) is 231 Å². The Morgan fingerprint density at radius 2 is 1.23 bits per heavy atom. The average Bonchev–Trinajstić information content (AvgIpc) is 3.23. The predicted octanol–water partition coefficient (Wildman–Crippen LogP) is 14.5. The summed E-state index contributed by atoms with van der Waals surface area (Å²) in [4.78, 5) is 4.80. The van der Waals surface area contributed by atoms with Crippen molar-refractivity contribution >= 4 is 27.6 Å². The normalized spacial score (nSPS) is 12.7. The molecule has 0 aromatic heterocycles. The highest BCUT2D eigenvalue weighted by Crippen LogP contribution is 2.38. The molecule has 0 fully saturated rings. The molecule has 0 amide bonds. The molecule has 53 heavy (non-hydrogen) atoms. The predicted molar refractivity (Wildman–Crippen MR) is 233 cm³/mol. The van der Waals surface area contributed by atoms with E-state index in [0.29, 0.717) is 5.70 Å². The van der Waals surface area contributed by atoms with Crippen LogP contribution < -0.4 is 0 Å². The Labute approximate surface area is 315 Å². The van der Waals surface area contributed by atoms with E-state index < -0.39 is 0 Å². The second-order valence-corrected chi connectivity index (χ2v) is 13.0. The van der Waals surface area contributed by atoms with Gasteiger partial charge in [0, 0.05) is 5.71 Å². The maximum Gasteiger partial charge on any atom is 0.0627 e. The van der Waals surface area contributed by atoms with Gasteiger partial charge < -0.3 is 0 Å². The van der Waals surface area contributed by atoms with Crippen molar-refractivity contribution in [1.82, 2.24) is 0 Å². The summed E-state index contributed by atoms with van der Waals surface area (Å²) in [5, 5.41) is 2.58. The van der Waals surface area contributed by atoms with E-state index in [9.17, 15) is 0 Å². The Morgan fingerprint density at radius 1 is 0.623 bits per heavy atom. The van der Waals surface area contributed by atoms with Crippen LogP contribution in [0.3, 0.4) is 0 Å². The van der Waals surface area contributed by atoms with Crippen LogP contribution in [0.4, 0.5) is 0 Å². The molecule has 0 heterocycles. The van der Waals surface area contributed by atoms with Gasteiger partial charge in [0.05, 0.1) is 5.70 Å². The number of nitrogens with zero attached hydrogens (tertiary/aromatic N) is 1. The number of rotatable bonds is 10. The third kappa shape index (κ3) is 8.50. The van der Waals surface area contributed by atoms with Gasteiger partial charge in [-0.15, -0.1) is 13.2 Å². The molecule has 0 spiro atoms. The third-order valence-corrected chi connectivity index (χ3v) is 9.56. The number of benzene rings is 6. The number of aliphatic imine (C=N–C) groups is 1. The van der Waals surface area contributed by atoms with Crippen LogP contribution in [0.15, 0.2) is 219 Å². The summed E-state index contributed by atoms with van der Waals surface area (Å²) in [6.07, 6.45) is 12.3. The van der Waals surface area contributed by atoms with Crippen LogP contribution in [-0.4, -0.2) is 5.71 Å². The molecule has 258 valence electrons. The molecule has 0 atom stereocenters. The highest BCUT2D eigenvalue weighted by Gasteiger charge is 2.15. The number of allylic oxidation sites excluding steroid dienone is 7. The van der Waals surface area contributed by atoms with E-state index in [0.717, 1.165) is 40.8 Å². The minimum Gasteiger partial charge on any atom is -0.253 e. The monoisotopic (exact) mass is 683 g/mol. The summed E-state index contributed by atoms with van der Waals surface area (Å²) in [7, 11) is 0. The first-order chi connectivity index (χ1) is 26.0. The van der Waals surface area contributed by atoms with Gasteiger partial charge in [0.1, 0.15) is 0 Å². The molecule has 0 bridgehead atoms. The van der Waals surface area contributed by atoms with Gasteiger partial charge >= 0.3 is 0 Å². The zero-order valence-electron chi connectivity index (χ0n) is 30.6. The van der Waals surface area contributed by atoms with Gasteiger partial charge in [0.2, 0.25) is 0 Å². The lowest BCUT2D eigenvalue weighted by Gasteiger charge is -2.18. The van der Waals surface area contributed by atoms with Crippen molar-refractivity contribution < 1.29 is 0 Å². The number of fused-ring (bicyclic) bond motifs is 1. The minimum absolute atomic E-state index is 0.636. The highest BCUT2D eigenvalue weighted by atomic mass is 14.8. The minimum atomic E-state index is 0.636.